The fourth-order valence-corrected chi connectivity index (χ4v) is 3.26. The molecule has 1 N–H and O–H groups in total. The minimum atomic E-state index is -0.473. The molecule has 0 aromatic rings. The maximum absolute atomic E-state index is 12.4. The first-order chi connectivity index (χ1) is 9.23. The molecule has 0 radical (unpaired) electrons. The Morgan fingerprint density at radius 3 is 3.05 bits per heavy atom. The summed E-state index contributed by atoms with van der Waals surface area (Å²) in [5.74, 6) is -0.0869. The minimum absolute atomic E-state index is 0.0869. The molecule has 2 aliphatic rings. The monoisotopic (exact) mass is 270 g/mol. The lowest BCUT2D eigenvalue weighted by atomic mass is 9.83. The number of nitrogens with one attached hydrogen (secondary N) is 1. The van der Waals surface area contributed by atoms with Gasteiger partial charge in [0, 0.05) is 32.7 Å². The number of rotatable bonds is 3. The number of carbonyl (C=O) groups is 1. The summed E-state index contributed by atoms with van der Waals surface area (Å²) >= 11 is 0. The van der Waals surface area contributed by atoms with Gasteiger partial charge in [-0.1, -0.05) is 6.92 Å². The van der Waals surface area contributed by atoms with E-state index in [-0.39, 0.29) is 12.1 Å². The van der Waals surface area contributed by atoms with E-state index in [1.165, 1.54) is 7.11 Å². The maximum atomic E-state index is 12.4. The lowest BCUT2D eigenvalue weighted by Crippen LogP contribution is -2.60. The fourth-order valence-electron chi connectivity index (χ4n) is 3.26. The van der Waals surface area contributed by atoms with Crippen LogP contribution in [0.25, 0.3) is 0 Å². The molecule has 0 spiro atoms. The van der Waals surface area contributed by atoms with E-state index in [0.717, 1.165) is 51.9 Å². The van der Waals surface area contributed by atoms with Gasteiger partial charge in [-0.3, -0.25) is 9.69 Å². The van der Waals surface area contributed by atoms with Crippen LogP contribution in [-0.4, -0.2) is 62.4 Å². The Kier molecular flexibility index (Phi) is 5.19. The molecule has 110 valence electrons. The molecule has 2 atom stereocenters. The molecule has 2 rings (SSSR count). The van der Waals surface area contributed by atoms with Crippen molar-refractivity contribution in [1.29, 1.82) is 0 Å². The zero-order chi connectivity index (χ0) is 13.7. The Labute approximate surface area is 115 Å². The zero-order valence-corrected chi connectivity index (χ0v) is 12.1. The third-order valence-electron chi connectivity index (χ3n) is 4.40. The highest BCUT2D eigenvalue weighted by Gasteiger charge is 2.48. The van der Waals surface area contributed by atoms with Crippen LogP contribution in [0.15, 0.2) is 0 Å². The van der Waals surface area contributed by atoms with E-state index in [9.17, 15) is 4.79 Å². The van der Waals surface area contributed by atoms with Crippen LogP contribution in [-0.2, 0) is 14.3 Å². The van der Waals surface area contributed by atoms with Gasteiger partial charge < -0.3 is 14.8 Å². The van der Waals surface area contributed by atoms with Gasteiger partial charge in [0.15, 0.2) is 0 Å². The minimum Gasteiger partial charge on any atom is -0.468 e. The second kappa shape index (κ2) is 6.68. The van der Waals surface area contributed by atoms with Gasteiger partial charge >= 0.3 is 5.97 Å². The quantitative estimate of drug-likeness (QED) is 0.768. The summed E-state index contributed by atoms with van der Waals surface area (Å²) in [6.45, 7) is 6.60. The van der Waals surface area contributed by atoms with E-state index in [2.05, 4.69) is 17.1 Å². The van der Waals surface area contributed by atoms with E-state index in [1.54, 1.807) is 0 Å². The molecule has 2 saturated heterocycles. The fraction of sp³-hybridized carbons (Fsp3) is 0.929. The van der Waals surface area contributed by atoms with Gasteiger partial charge in [0.1, 0.15) is 5.54 Å². The average Bonchev–Trinajstić information content (AvgIpc) is 2.75. The van der Waals surface area contributed by atoms with Crippen LogP contribution >= 0.6 is 0 Å². The molecule has 0 aromatic carbocycles. The molecule has 2 fully saturated rings. The number of carbonyl (C=O) groups excluding carboxylic acids is 1. The summed E-state index contributed by atoms with van der Waals surface area (Å²) < 4.78 is 10.9. The molecule has 0 bridgehead atoms. The molecule has 19 heavy (non-hydrogen) atoms. The number of nitrogens with zero attached hydrogens (tertiary/aromatic N) is 1. The smallest absolute Gasteiger partial charge is 0.326 e. The Morgan fingerprint density at radius 2 is 2.32 bits per heavy atom. The number of esters is 1. The van der Waals surface area contributed by atoms with E-state index in [0.29, 0.717) is 6.61 Å². The van der Waals surface area contributed by atoms with E-state index >= 15 is 0 Å². The van der Waals surface area contributed by atoms with Crippen molar-refractivity contribution in [3.05, 3.63) is 0 Å². The van der Waals surface area contributed by atoms with Crippen molar-refractivity contribution in [2.45, 2.75) is 44.2 Å². The van der Waals surface area contributed by atoms with Crippen LogP contribution in [0.5, 0.6) is 0 Å². The van der Waals surface area contributed by atoms with Crippen molar-refractivity contribution in [2.75, 3.05) is 39.9 Å². The summed E-state index contributed by atoms with van der Waals surface area (Å²) in [6.07, 6.45) is 3.71. The molecular formula is C14H26N2O3. The van der Waals surface area contributed by atoms with Gasteiger partial charge in [-0.2, -0.15) is 0 Å². The number of ether oxygens (including phenoxy) is 2. The Balaban J connectivity index is 2.19. The molecule has 0 amide bonds. The lowest BCUT2D eigenvalue weighted by molar-refractivity contribution is -0.167. The first-order valence-corrected chi connectivity index (χ1v) is 7.38. The first kappa shape index (κ1) is 14.8. The normalized spacial score (nSPS) is 33.7. The Bertz CT molecular complexity index is 303. The molecule has 2 heterocycles. The molecule has 0 aliphatic carbocycles. The summed E-state index contributed by atoms with van der Waals surface area (Å²) in [7, 11) is 1.50. The molecule has 5 heteroatoms. The predicted molar refractivity (Wildman–Crippen MR) is 73.1 cm³/mol. The first-order valence-electron chi connectivity index (χ1n) is 7.38. The van der Waals surface area contributed by atoms with Gasteiger partial charge in [-0.25, -0.2) is 0 Å². The standard InChI is InChI=1S/C14H26N2O3/c1-3-12-11-14(5-10-19-12,13(17)18-2)16-8-4-6-15-7-9-16/h12,15H,3-11H2,1-2H3. The second-order valence-corrected chi connectivity index (χ2v) is 5.47. The molecule has 5 nitrogen and oxygen atoms in total. The van der Waals surface area contributed by atoms with Crippen LogP contribution in [0.4, 0.5) is 0 Å². The summed E-state index contributed by atoms with van der Waals surface area (Å²) in [4.78, 5) is 14.7. The van der Waals surface area contributed by atoms with Crippen molar-refractivity contribution in [1.82, 2.24) is 10.2 Å². The zero-order valence-electron chi connectivity index (χ0n) is 12.1. The highest BCUT2D eigenvalue weighted by molar-refractivity contribution is 5.81. The Hall–Kier alpha value is -0.650. The van der Waals surface area contributed by atoms with Crippen molar-refractivity contribution in [2.24, 2.45) is 0 Å². The molecule has 0 saturated carbocycles. The largest absolute Gasteiger partial charge is 0.468 e. The summed E-state index contributed by atoms with van der Waals surface area (Å²) in [5, 5.41) is 3.39. The van der Waals surface area contributed by atoms with Crippen LogP contribution < -0.4 is 5.32 Å². The van der Waals surface area contributed by atoms with Gasteiger partial charge in [-0.15, -0.1) is 0 Å². The van der Waals surface area contributed by atoms with Crippen molar-refractivity contribution < 1.29 is 14.3 Å². The highest BCUT2D eigenvalue weighted by atomic mass is 16.5. The lowest BCUT2D eigenvalue weighted by Gasteiger charge is -2.45. The molecule has 2 aliphatic heterocycles. The second-order valence-electron chi connectivity index (χ2n) is 5.47. The van der Waals surface area contributed by atoms with E-state index in [4.69, 9.17) is 9.47 Å². The number of methoxy groups -OCH3 is 1. The van der Waals surface area contributed by atoms with Crippen LogP contribution in [0, 0.1) is 0 Å². The summed E-state index contributed by atoms with van der Waals surface area (Å²) in [6, 6.07) is 0. The van der Waals surface area contributed by atoms with Gasteiger partial charge in [0.05, 0.1) is 13.2 Å². The van der Waals surface area contributed by atoms with Gasteiger partial charge in [0.25, 0.3) is 0 Å². The Morgan fingerprint density at radius 1 is 1.47 bits per heavy atom. The maximum Gasteiger partial charge on any atom is 0.326 e. The van der Waals surface area contributed by atoms with E-state index < -0.39 is 5.54 Å². The summed E-state index contributed by atoms with van der Waals surface area (Å²) in [5.41, 5.74) is -0.473. The SMILES string of the molecule is CCC1CC(C(=O)OC)(N2CCCNCC2)CCO1. The third-order valence-corrected chi connectivity index (χ3v) is 4.40. The van der Waals surface area contributed by atoms with Crippen molar-refractivity contribution in [3.8, 4) is 0 Å². The van der Waals surface area contributed by atoms with Crippen molar-refractivity contribution in [3.63, 3.8) is 0 Å². The molecule has 2 unspecified atom stereocenters. The highest BCUT2D eigenvalue weighted by Crippen LogP contribution is 2.33. The predicted octanol–water partition coefficient (Wildman–Crippen LogP) is 0.783. The topological polar surface area (TPSA) is 50.8 Å². The van der Waals surface area contributed by atoms with Crippen LogP contribution in [0.1, 0.15) is 32.6 Å². The molecule has 0 aromatic heterocycles. The van der Waals surface area contributed by atoms with Crippen molar-refractivity contribution >= 4 is 5.97 Å². The number of hydrogen-bond donors (Lipinski definition) is 1. The van der Waals surface area contributed by atoms with Gasteiger partial charge in [-0.05, 0) is 25.8 Å². The third kappa shape index (κ3) is 3.09. The average molecular weight is 270 g/mol. The number of hydrogen-bond acceptors (Lipinski definition) is 5. The molecular weight excluding hydrogens is 244 g/mol. The van der Waals surface area contributed by atoms with Crippen LogP contribution in [0.2, 0.25) is 0 Å². The van der Waals surface area contributed by atoms with E-state index in [1.807, 2.05) is 0 Å². The van der Waals surface area contributed by atoms with Crippen LogP contribution in [0.3, 0.4) is 0 Å². The van der Waals surface area contributed by atoms with Gasteiger partial charge in [0.2, 0.25) is 0 Å².